The fraction of sp³-hybridized carbons (Fsp3) is 0.0833. The van der Waals surface area contributed by atoms with E-state index in [9.17, 15) is 21.6 Å². The first kappa shape index (κ1) is 26.1. The van der Waals surface area contributed by atoms with E-state index in [0.717, 1.165) is 15.6 Å². The minimum absolute atomic E-state index is 0.0196. The number of methoxy groups -OCH3 is 1. The third-order valence-corrected chi connectivity index (χ3v) is 9.26. The van der Waals surface area contributed by atoms with Crippen LogP contribution in [0.25, 0.3) is 0 Å². The molecule has 0 saturated heterocycles. The van der Waals surface area contributed by atoms with Crippen molar-refractivity contribution in [3.8, 4) is 5.75 Å². The van der Waals surface area contributed by atoms with E-state index in [1.54, 1.807) is 17.5 Å². The Morgan fingerprint density at radius 3 is 2.08 bits per heavy atom. The van der Waals surface area contributed by atoms with Crippen LogP contribution in [0.4, 0.5) is 16.5 Å². The lowest BCUT2D eigenvalue weighted by molar-refractivity contribution is 0.102. The Labute approximate surface area is 218 Å². The second kappa shape index (κ2) is 10.6. The van der Waals surface area contributed by atoms with Crippen molar-refractivity contribution in [1.82, 2.24) is 4.98 Å². The molecular weight excluding hydrogens is 536 g/mol. The summed E-state index contributed by atoms with van der Waals surface area (Å²) < 4.78 is 59.3. The quantitative estimate of drug-likeness (QED) is 0.317. The molecule has 0 aliphatic heterocycles. The van der Waals surface area contributed by atoms with Gasteiger partial charge in [0.1, 0.15) is 5.75 Å². The maximum atomic E-state index is 12.9. The number of hydrogen-bond donors (Lipinski definition) is 2. The van der Waals surface area contributed by atoms with Crippen molar-refractivity contribution in [2.75, 3.05) is 28.5 Å². The van der Waals surface area contributed by atoms with E-state index in [-0.39, 0.29) is 14.9 Å². The van der Waals surface area contributed by atoms with Gasteiger partial charge in [-0.25, -0.2) is 21.8 Å². The van der Waals surface area contributed by atoms with Gasteiger partial charge in [-0.05, 0) is 72.8 Å². The van der Waals surface area contributed by atoms with E-state index in [4.69, 9.17) is 4.74 Å². The summed E-state index contributed by atoms with van der Waals surface area (Å²) in [6.07, 6.45) is 1.49. The van der Waals surface area contributed by atoms with Crippen LogP contribution in [0.2, 0.25) is 0 Å². The lowest BCUT2D eigenvalue weighted by atomic mass is 10.2. The summed E-state index contributed by atoms with van der Waals surface area (Å²) in [5.41, 5.74) is 1.05. The highest BCUT2D eigenvalue weighted by Crippen LogP contribution is 2.25. The number of amides is 1. The Bertz CT molecular complexity index is 1590. The van der Waals surface area contributed by atoms with Crippen molar-refractivity contribution in [3.05, 3.63) is 89.9 Å². The van der Waals surface area contributed by atoms with E-state index in [2.05, 4.69) is 15.0 Å². The van der Waals surface area contributed by atoms with Gasteiger partial charge in [-0.2, -0.15) is 0 Å². The number of anilines is 3. The van der Waals surface area contributed by atoms with Gasteiger partial charge in [0.05, 0.1) is 22.6 Å². The maximum Gasteiger partial charge on any atom is 0.264 e. The normalized spacial score (nSPS) is 11.5. The summed E-state index contributed by atoms with van der Waals surface area (Å²) in [5.74, 6) is 0.101. The predicted octanol–water partition coefficient (Wildman–Crippen LogP) is 4.03. The Morgan fingerprint density at radius 1 is 0.892 bits per heavy atom. The third-order valence-electron chi connectivity index (χ3n) is 5.29. The Balaban J connectivity index is 1.42. The number of thiazole rings is 1. The average Bonchev–Trinajstić information content (AvgIpc) is 3.41. The number of nitrogens with one attached hydrogen (secondary N) is 2. The molecular formula is C24H22N4O6S3. The van der Waals surface area contributed by atoms with Crippen molar-refractivity contribution < 1.29 is 26.4 Å². The van der Waals surface area contributed by atoms with Crippen LogP contribution in [0.15, 0.2) is 94.2 Å². The molecule has 192 valence electrons. The number of benzene rings is 3. The minimum Gasteiger partial charge on any atom is -0.497 e. The predicted molar refractivity (Wildman–Crippen MR) is 142 cm³/mol. The lowest BCUT2D eigenvalue weighted by Crippen LogP contribution is -2.26. The van der Waals surface area contributed by atoms with Gasteiger partial charge < -0.3 is 10.1 Å². The van der Waals surface area contributed by atoms with Crippen LogP contribution < -0.4 is 19.1 Å². The Morgan fingerprint density at radius 2 is 1.51 bits per heavy atom. The first-order valence-electron chi connectivity index (χ1n) is 10.7. The molecule has 1 amide bonds. The summed E-state index contributed by atoms with van der Waals surface area (Å²) in [6, 6.07) is 17.8. The maximum absolute atomic E-state index is 12.9. The number of carbonyl (C=O) groups is 1. The molecule has 0 unspecified atom stereocenters. The number of hydrogen-bond acceptors (Lipinski definition) is 8. The number of nitrogens with zero attached hydrogens (tertiary/aromatic N) is 2. The van der Waals surface area contributed by atoms with Crippen LogP contribution in [-0.4, -0.2) is 41.9 Å². The number of sulfonamides is 2. The molecule has 0 saturated carbocycles. The first-order valence-corrected chi connectivity index (χ1v) is 14.5. The van der Waals surface area contributed by atoms with E-state index < -0.39 is 26.0 Å². The molecule has 0 radical (unpaired) electrons. The molecule has 13 heteroatoms. The van der Waals surface area contributed by atoms with Crippen LogP contribution in [0.3, 0.4) is 0 Å². The van der Waals surface area contributed by atoms with Crippen molar-refractivity contribution in [3.63, 3.8) is 0 Å². The van der Waals surface area contributed by atoms with E-state index in [0.29, 0.717) is 22.7 Å². The van der Waals surface area contributed by atoms with Gasteiger partial charge in [-0.15, -0.1) is 11.3 Å². The third kappa shape index (κ3) is 5.90. The summed E-state index contributed by atoms with van der Waals surface area (Å²) in [4.78, 5) is 16.7. The number of rotatable bonds is 9. The minimum atomic E-state index is -3.81. The highest BCUT2D eigenvalue weighted by Gasteiger charge is 2.22. The fourth-order valence-corrected chi connectivity index (χ4v) is 6.22. The zero-order chi connectivity index (χ0) is 26.6. The van der Waals surface area contributed by atoms with Crippen molar-refractivity contribution >= 4 is 53.8 Å². The van der Waals surface area contributed by atoms with E-state index >= 15 is 0 Å². The highest BCUT2D eigenvalue weighted by molar-refractivity contribution is 7.93. The smallest absolute Gasteiger partial charge is 0.264 e. The highest BCUT2D eigenvalue weighted by atomic mass is 32.2. The molecule has 3 aromatic carbocycles. The second-order valence-electron chi connectivity index (χ2n) is 7.62. The average molecular weight is 559 g/mol. The summed E-state index contributed by atoms with van der Waals surface area (Å²) in [6.45, 7) is 0. The molecule has 10 nitrogen and oxygen atoms in total. The van der Waals surface area contributed by atoms with Crippen LogP contribution >= 0.6 is 11.3 Å². The van der Waals surface area contributed by atoms with Gasteiger partial charge >= 0.3 is 0 Å². The van der Waals surface area contributed by atoms with E-state index in [1.807, 2.05) is 0 Å². The standard InChI is InChI=1S/C24H22N4O6S3/c1-28(37(32,33)22-13-9-20(34-2)10-14-22)19-7-3-17(4-8-19)23(29)26-18-5-11-21(12-6-18)36(30,31)27-24-25-15-16-35-24/h3-16H,1-2H3,(H,25,27)(H,26,29). The van der Waals surface area contributed by atoms with Gasteiger partial charge in [0.25, 0.3) is 26.0 Å². The molecule has 1 heterocycles. The zero-order valence-electron chi connectivity index (χ0n) is 19.7. The van der Waals surface area contributed by atoms with Crippen molar-refractivity contribution in [2.45, 2.75) is 9.79 Å². The second-order valence-corrected chi connectivity index (χ2v) is 12.2. The molecule has 0 bridgehead atoms. The van der Waals surface area contributed by atoms with Gasteiger partial charge in [-0.1, -0.05) is 0 Å². The van der Waals surface area contributed by atoms with Gasteiger partial charge in [0, 0.05) is 29.9 Å². The molecule has 0 fully saturated rings. The Kier molecular flexibility index (Phi) is 7.47. The molecule has 0 atom stereocenters. The fourth-order valence-electron chi connectivity index (χ4n) is 3.24. The summed E-state index contributed by atoms with van der Waals surface area (Å²) in [5, 5.41) is 4.60. The summed E-state index contributed by atoms with van der Waals surface area (Å²) >= 11 is 1.16. The number of carbonyl (C=O) groups excluding carboxylic acids is 1. The molecule has 4 aromatic rings. The molecule has 2 N–H and O–H groups in total. The largest absolute Gasteiger partial charge is 0.497 e. The van der Waals surface area contributed by atoms with Crippen molar-refractivity contribution in [1.29, 1.82) is 0 Å². The van der Waals surface area contributed by atoms with Gasteiger partial charge in [-0.3, -0.25) is 13.8 Å². The molecule has 4 rings (SSSR count). The van der Waals surface area contributed by atoms with Crippen LogP contribution in [-0.2, 0) is 20.0 Å². The monoisotopic (exact) mass is 558 g/mol. The number of aromatic nitrogens is 1. The van der Waals surface area contributed by atoms with Gasteiger partial charge in [0.2, 0.25) is 0 Å². The molecule has 1 aromatic heterocycles. The summed E-state index contributed by atoms with van der Waals surface area (Å²) in [7, 11) is -4.70. The van der Waals surface area contributed by atoms with Crippen LogP contribution in [0, 0.1) is 0 Å². The topological polar surface area (TPSA) is 135 Å². The van der Waals surface area contributed by atoms with Crippen LogP contribution in [0.5, 0.6) is 5.75 Å². The molecule has 0 spiro atoms. The Hall–Kier alpha value is -3.94. The molecule has 37 heavy (non-hydrogen) atoms. The lowest BCUT2D eigenvalue weighted by Gasteiger charge is -2.20. The molecule has 0 aliphatic carbocycles. The van der Waals surface area contributed by atoms with E-state index in [1.165, 1.54) is 81.0 Å². The number of ether oxygens (including phenoxy) is 1. The van der Waals surface area contributed by atoms with Gasteiger partial charge in [0.15, 0.2) is 5.13 Å². The zero-order valence-corrected chi connectivity index (χ0v) is 22.1. The first-order chi connectivity index (χ1) is 17.6. The molecule has 0 aliphatic rings. The van der Waals surface area contributed by atoms with Crippen molar-refractivity contribution in [2.24, 2.45) is 0 Å². The van der Waals surface area contributed by atoms with Crippen LogP contribution in [0.1, 0.15) is 10.4 Å². The SMILES string of the molecule is COc1ccc(S(=O)(=O)N(C)c2ccc(C(=O)Nc3ccc(S(=O)(=O)Nc4nccs4)cc3)cc2)cc1.